The Kier molecular flexibility index (Phi) is 6.11. The van der Waals surface area contributed by atoms with Crippen LogP contribution in [0, 0.1) is 11.2 Å². The summed E-state index contributed by atoms with van der Waals surface area (Å²) in [5.41, 5.74) is 2.18. The van der Waals surface area contributed by atoms with Crippen molar-refractivity contribution in [2.75, 3.05) is 31.1 Å². The lowest BCUT2D eigenvalue weighted by Crippen LogP contribution is -2.48. The van der Waals surface area contributed by atoms with Crippen molar-refractivity contribution in [2.24, 2.45) is 5.41 Å². The van der Waals surface area contributed by atoms with Crippen LogP contribution in [-0.4, -0.2) is 48.8 Å². The van der Waals surface area contributed by atoms with Crippen molar-refractivity contribution in [1.82, 2.24) is 10.2 Å². The van der Waals surface area contributed by atoms with Crippen molar-refractivity contribution in [3.05, 3.63) is 65.5 Å². The minimum atomic E-state index is -0.611. The van der Waals surface area contributed by atoms with E-state index in [0.29, 0.717) is 12.0 Å². The van der Waals surface area contributed by atoms with Gasteiger partial charge in [0, 0.05) is 49.4 Å². The summed E-state index contributed by atoms with van der Waals surface area (Å²) in [5, 5.41) is 2.31. The average molecular weight is 464 g/mol. The molecule has 1 unspecified atom stereocenters. The average Bonchev–Trinajstić information content (AvgIpc) is 2.86. The summed E-state index contributed by atoms with van der Waals surface area (Å²) >= 11 is 0. The van der Waals surface area contributed by atoms with E-state index in [9.17, 15) is 18.8 Å². The number of hydrogen-bond donors (Lipinski definition) is 1. The second-order valence-corrected chi connectivity index (χ2v) is 9.85. The van der Waals surface area contributed by atoms with E-state index < -0.39 is 11.8 Å². The molecule has 0 aliphatic carbocycles. The number of carbonyl (C=O) groups is 3. The quantitative estimate of drug-likeness (QED) is 0.702. The molecule has 3 aliphatic heterocycles. The summed E-state index contributed by atoms with van der Waals surface area (Å²) in [7, 11) is 0. The molecule has 1 N–H and O–H groups in total. The maximum absolute atomic E-state index is 14.9. The van der Waals surface area contributed by atoms with Gasteiger partial charge in [-0.05, 0) is 61.8 Å². The molecule has 0 aromatic heterocycles. The van der Waals surface area contributed by atoms with E-state index in [1.54, 1.807) is 6.07 Å². The van der Waals surface area contributed by atoms with Gasteiger partial charge in [0.15, 0.2) is 0 Å². The van der Waals surface area contributed by atoms with Crippen molar-refractivity contribution < 1.29 is 18.8 Å². The topological polar surface area (TPSA) is 69.7 Å². The molecule has 3 aliphatic rings. The van der Waals surface area contributed by atoms with E-state index in [4.69, 9.17) is 0 Å². The standard InChI is InChI=1S/C27H30FN3O3/c28-23-18-20(6-7-21(23)22-8-9-24(32)29-25(22)33)30-14-10-27(11-15-30)12-16-31(17-13-27)26(34)19-4-2-1-3-5-19/h1-7,18,22H,8-17H2,(H,29,32,33). The molecule has 1 spiro atoms. The number of carbonyl (C=O) groups excluding carboxylic acids is 3. The fraction of sp³-hybridized carbons (Fsp3) is 0.444. The van der Waals surface area contributed by atoms with Crippen molar-refractivity contribution in [3.63, 3.8) is 0 Å². The summed E-state index contributed by atoms with van der Waals surface area (Å²) in [4.78, 5) is 40.5. The molecule has 0 saturated carbocycles. The summed E-state index contributed by atoms with van der Waals surface area (Å²) in [6, 6.07) is 14.6. The number of halogens is 1. The van der Waals surface area contributed by atoms with Crippen LogP contribution < -0.4 is 10.2 Å². The third-order valence-corrected chi connectivity index (χ3v) is 7.92. The zero-order valence-corrected chi connectivity index (χ0v) is 19.3. The lowest BCUT2D eigenvalue weighted by Gasteiger charge is -2.47. The van der Waals surface area contributed by atoms with Crippen LogP contribution in [0.25, 0.3) is 0 Å². The van der Waals surface area contributed by atoms with E-state index in [2.05, 4.69) is 10.2 Å². The maximum atomic E-state index is 14.9. The molecule has 0 radical (unpaired) electrons. The monoisotopic (exact) mass is 463 g/mol. The largest absolute Gasteiger partial charge is 0.371 e. The molecule has 0 bridgehead atoms. The molecule has 3 fully saturated rings. The Bertz CT molecular complexity index is 1090. The molecule has 5 rings (SSSR count). The fourth-order valence-corrected chi connectivity index (χ4v) is 5.67. The van der Waals surface area contributed by atoms with Gasteiger partial charge in [0.2, 0.25) is 11.8 Å². The van der Waals surface area contributed by atoms with Crippen molar-refractivity contribution >= 4 is 23.4 Å². The van der Waals surface area contributed by atoms with E-state index in [-0.39, 0.29) is 29.5 Å². The lowest BCUT2D eigenvalue weighted by atomic mass is 9.71. The van der Waals surface area contributed by atoms with Gasteiger partial charge in [-0.3, -0.25) is 19.7 Å². The van der Waals surface area contributed by atoms with Gasteiger partial charge in [-0.15, -0.1) is 0 Å². The second kappa shape index (κ2) is 9.20. The van der Waals surface area contributed by atoms with Crippen LogP contribution >= 0.6 is 0 Å². The number of anilines is 1. The zero-order valence-electron chi connectivity index (χ0n) is 19.3. The third-order valence-electron chi connectivity index (χ3n) is 7.92. The Morgan fingerprint density at radius 3 is 2.26 bits per heavy atom. The molecule has 1 atom stereocenters. The van der Waals surface area contributed by atoms with E-state index in [1.165, 1.54) is 6.07 Å². The Morgan fingerprint density at radius 1 is 0.941 bits per heavy atom. The molecule has 2 aromatic rings. The zero-order chi connectivity index (χ0) is 23.7. The lowest BCUT2D eigenvalue weighted by molar-refractivity contribution is -0.134. The van der Waals surface area contributed by atoms with Gasteiger partial charge in [0.25, 0.3) is 5.91 Å². The normalized spacial score (nSPS) is 22.6. The molecular formula is C27H30FN3O3. The highest BCUT2D eigenvalue weighted by molar-refractivity contribution is 6.01. The van der Waals surface area contributed by atoms with Gasteiger partial charge in [-0.25, -0.2) is 4.39 Å². The highest BCUT2D eigenvalue weighted by Gasteiger charge is 2.39. The van der Waals surface area contributed by atoms with Crippen LogP contribution in [0.2, 0.25) is 0 Å². The smallest absolute Gasteiger partial charge is 0.253 e. The van der Waals surface area contributed by atoms with Crippen LogP contribution in [0.3, 0.4) is 0 Å². The molecule has 3 saturated heterocycles. The number of nitrogens with zero attached hydrogens (tertiary/aromatic N) is 2. The number of nitrogens with one attached hydrogen (secondary N) is 1. The van der Waals surface area contributed by atoms with Crippen LogP contribution in [0.1, 0.15) is 60.4 Å². The van der Waals surface area contributed by atoms with Gasteiger partial charge in [-0.2, -0.15) is 0 Å². The molecule has 6 nitrogen and oxygen atoms in total. The van der Waals surface area contributed by atoms with Gasteiger partial charge < -0.3 is 9.80 Å². The van der Waals surface area contributed by atoms with Gasteiger partial charge in [0.1, 0.15) is 5.82 Å². The first-order valence-corrected chi connectivity index (χ1v) is 12.2. The summed E-state index contributed by atoms with van der Waals surface area (Å²) in [5.74, 6) is -1.60. The molecule has 34 heavy (non-hydrogen) atoms. The highest BCUT2D eigenvalue weighted by Crippen LogP contribution is 2.42. The predicted octanol–water partition coefficient (Wildman–Crippen LogP) is 3.87. The SMILES string of the molecule is O=C1CCC(c2ccc(N3CCC4(CCN(C(=O)c5ccccc5)CC4)CC3)cc2F)C(=O)N1. The van der Waals surface area contributed by atoms with Crippen LogP contribution in [-0.2, 0) is 9.59 Å². The van der Waals surface area contributed by atoms with Crippen molar-refractivity contribution in [2.45, 2.75) is 44.4 Å². The number of rotatable bonds is 3. The molecule has 7 heteroatoms. The molecule has 178 valence electrons. The first-order chi connectivity index (χ1) is 16.4. The first-order valence-electron chi connectivity index (χ1n) is 12.2. The minimum Gasteiger partial charge on any atom is -0.371 e. The van der Waals surface area contributed by atoms with Gasteiger partial charge in [0.05, 0.1) is 5.92 Å². The molecule has 3 amide bonds. The van der Waals surface area contributed by atoms with Gasteiger partial charge >= 0.3 is 0 Å². The Morgan fingerprint density at radius 2 is 1.62 bits per heavy atom. The van der Waals surface area contributed by atoms with Crippen LogP contribution in [0.5, 0.6) is 0 Å². The Labute approximate surface area is 199 Å². The minimum absolute atomic E-state index is 0.111. The fourth-order valence-electron chi connectivity index (χ4n) is 5.67. The Balaban J connectivity index is 1.18. The summed E-state index contributed by atoms with van der Waals surface area (Å²) < 4.78 is 14.9. The van der Waals surface area contributed by atoms with E-state index in [0.717, 1.165) is 63.1 Å². The first kappa shape index (κ1) is 22.6. The van der Waals surface area contributed by atoms with E-state index >= 15 is 0 Å². The van der Waals surface area contributed by atoms with E-state index in [1.807, 2.05) is 41.3 Å². The number of amides is 3. The molecule has 3 heterocycles. The van der Waals surface area contributed by atoms with Crippen molar-refractivity contribution in [3.8, 4) is 0 Å². The van der Waals surface area contributed by atoms with Crippen molar-refractivity contribution in [1.29, 1.82) is 0 Å². The number of likely N-dealkylation sites (tertiary alicyclic amines) is 1. The maximum Gasteiger partial charge on any atom is 0.253 e. The molecule has 2 aromatic carbocycles. The third kappa shape index (κ3) is 4.43. The summed E-state index contributed by atoms with van der Waals surface area (Å²) in [6.07, 6.45) is 4.63. The number of benzene rings is 2. The van der Waals surface area contributed by atoms with Gasteiger partial charge in [-0.1, -0.05) is 24.3 Å². The number of imide groups is 1. The van der Waals surface area contributed by atoms with Crippen LogP contribution in [0.15, 0.2) is 48.5 Å². The second-order valence-electron chi connectivity index (χ2n) is 9.85. The number of piperidine rings is 3. The molecular weight excluding hydrogens is 433 g/mol. The summed E-state index contributed by atoms with van der Waals surface area (Å²) in [6.45, 7) is 3.26. The highest BCUT2D eigenvalue weighted by atomic mass is 19.1. The van der Waals surface area contributed by atoms with Crippen LogP contribution in [0.4, 0.5) is 10.1 Å². The predicted molar refractivity (Wildman–Crippen MR) is 127 cm³/mol. The number of hydrogen-bond acceptors (Lipinski definition) is 4. The Hall–Kier alpha value is -3.22.